The maximum absolute atomic E-state index is 13.1. The summed E-state index contributed by atoms with van der Waals surface area (Å²) in [5, 5.41) is 14.3. The molecule has 2 atom stereocenters. The molecule has 0 aliphatic carbocycles. The van der Waals surface area contributed by atoms with E-state index < -0.39 is 11.5 Å². The number of piperazine rings is 1. The number of rotatable bonds is 4. The number of carbonyl (C=O) groups is 2. The smallest absolute Gasteiger partial charge is 0.260 e. The van der Waals surface area contributed by atoms with Crippen molar-refractivity contribution in [1.29, 1.82) is 0 Å². The topological polar surface area (TPSA) is 125 Å². The van der Waals surface area contributed by atoms with E-state index in [0.717, 1.165) is 5.56 Å². The number of amides is 2. The maximum Gasteiger partial charge on any atom is 0.260 e. The van der Waals surface area contributed by atoms with E-state index in [9.17, 15) is 14.7 Å². The van der Waals surface area contributed by atoms with Crippen molar-refractivity contribution in [3.05, 3.63) is 46.7 Å². The molecule has 158 valence electrons. The first-order valence-corrected chi connectivity index (χ1v) is 10.1. The first-order chi connectivity index (χ1) is 14.3. The average Bonchev–Trinajstić information content (AvgIpc) is 3.07. The fourth-order valence-corrected chi connectivity index (χ4v) is 4.06. The van der Waals surface area contributed by atoms with Crippen molar-refractivity contribution in [2.45, 2.75) is 18.4 Å². The van der Waals surface area contributed by atoms with Crippen LogP contribution in [0, 0.1) is 0 Å². The van der Waals surface area contributed by atoms with Crippen LogP contribution in [-0.2, 0) is 15.2 Å². The van der Waals surface area contributed by atoms with Crippen LogP contribution in [0.5, 0.6) is 0 Å². The molecule has 2 unspecified atom stereocenters. The van der Waals surface area contributed by atoms with Gasteiger partial charge >= 0.3 is 0 Å². The summed E-state index contributed by atoms with van der Waals surface area (Å²) in [5.41, 5.74) is 5.17. The standard InChI is InChI=1S/C20H23ClN6O3/c1-12-15-16(25-18(12)28)23-11-24-17(15)26-6-8-27(9-7-26)19(29)20(30,10-22)13-2-4-14(21)5-3-13/h2-5,11-12,30H,6-10,22H2,1H3,(H,23,24,25,28). The number of hydrogen-bond donors (Lipinski definition) is 3. The van der Waals surface area contributed by atoms with Crippen molar-refractivity contribution in [2.75, 3.05) is 42.9 Å². The van der Waals surface area contributed by atoms with Crippen molar-refractivity contribution in [3.63, 3.8) is 0 Å². The molecule has 2 aliphatic heterocycles. The molecule has 3 heterocycles. The van der Waals surface area contributed by atoms with Gasteiger partial charge in [-0.15, -0.1) is 0 Å². The number of nitrogens with one attached hydrogen (secondary N) is 1. The molecule has 0 bridgehead atoms. The molecule has 4 N–H and O–H groups in total. The second-order valence-corrected chi connectivity index (χ2v) is 7.96. The van der Waals surface area contributed by atoms with E-state index in [1.165, 1.54) is 6.33 Å². The van der Waals surface area contributed by atoms with E-state index in [4.69, 9.17) is 17.3 Å². The van der Waals surface area contributed by atoms with Crippen LogP contribution in [0.15, 0.2) is 30.6 Å². The van der Waals surface area contributed by atoms with E-state index in [-0.39, 0.29) is 18.4 Å². The van der Waals surface area contributed by atoms with E-state index in [0.29, 0.717) is 48.4 Å². The predicted octanol–water partition coefficient (Wildman–Crippen LogP) is 0.681. The molecule has 1 fully saturated rings. The van der Waals surface area contributed by atoms with Crippen LogP contribution in [0.1, 0.15) is 24.0 Å². The molecule has 1 saturated heterocycles. The van der Waals surface area contributed by atoms with Gasteiger partial charge in [0, 0.05) is 43.3 Å². The third-order valence-corrected chi connectivity index (χ3v) is 6.02. The molecule has 1 aromatic heterocycles. The molecule has 30 heavy (non-hydrogen) atoms. The van der Waals surface area contributed by atoms with Crippen molar-refractivity contribution in [1.82, 2.24) is 14.9 Å². The van der Waals surface area contributed by atoms with Crippen LogP contribution < -0.4 is 16.0 Å². The van der Waals surface area contributed by atoms with Gasteiger partial charge in [0.25, 0.3) is 5.91 Å². The SMILES string of the molecule is CC1C(=O)Nc2ncnc(N3CCN(C(=O)C(O)(CN)c4ccc(Cl)cc4)CC3)c21. The number of aromatic nitrogens is 2. The fraction of sp³-hybridized carbons (Fsp3) is 0.400. The van der Waals surface area contributed by atoms with Crippen molar-refractivity contribution < 1.29 is 14.7 Å². The molecule has 0 radical (unpaired) electrons. The number of fused-ring (bicyclic) bond motifs is 1. The predicted molar refractivity (Wildman–Crippen MR) is 112 cm³/mol. The average molecular weight is 431 g/mol. The molecule has 0 saturated carbocycles. The van der Waals surface area contributed by atoms with Crippen LogP contribution in [-0.4, -0.2) is 64.5 Å². The minimum atomic E-state index is -1.81. The quantitative estimate of drug-likeness (QED) is 0.651. The molecule has 9 nitrogen and oxygen atoms in total. The highest BCUT2D eigenvalue weighted by atomic mass is 35.5. The van der Waals surface area contributed by atoms with Crippen LogP contribution in [0.25, 0.3) is 0 Å². The largest absolute Gasteiger partial charge is 0.374 e. The lowest BCUT2D eigenvalue weighted by atomic mass is 9.92. The van der Waals surface area contributed by atoms with Gasteiger partial charge in [0.05, 0.1) is 5.92 Å². The Balaban J connectivity index is 1.50. The van der Waals surface area contributed by atoms with Crippen LogP contribution in [0.2, 0.25) is 5.02 Å². The van der Waals surface area contributed by atoms with Gasteiger partial charge in [-0.2, -0.15) is 0 Å². The number of halogens is 1. The Morgan fingerprint density at radius 1 is 1.27 bits per heavy atom. The summed E-state index contributed by atoms with van der Waals surface area (Å²) in [6.07, 6.45) is 1.43. The summed E-state index contributed by atoms with van der Waals surface area (Å²) in [6.45, 7) is 3.39. The Hall–Kier alpha value is -2.75. The third kappa shape index (κ3) is 3.38. The highest BCUT2D eigenvalue weighted by Gasteiger charge is 2.41. The van der Waals surface area contributed by atoms with E-state index >= 15 is 0 Å². The van der Waals surface area contributed by atoms with Gasteiger partial charge in [0.2, 0.25) is 5.91 Å². The Bertz CT molecular complexity index is 977. The highest BCUT2D eigenvalue weighted by Crippen LogP contribution is 2.37. The maximum atomic E-state index is 13.1. The van der Waals surface area contributed by atoms with Gasteiger partial charge in [-0.05, 0) is 24.6 Å². The molecule has 1 aromatic carbocycles. The minimum Gasteiger partial charge on any atom is -0.374 e. The number of hydrogen-bond acceptors (Lipinski definition) is 7. The number of nitrogens with two attached hydrogens (primary N) is 1. The Labute approximate surface area is 178 Å². The number of benzene rings is 1. The molecular formula is C20H23ClN6O3. The van der Waals surface area contributed by atoms with Gasteiger partial charge in [-0.3, -0.25) is 9.59 Å². The van der Waals surface area contributed by atoms with Gasteiger partial charge in [0.1, 0.15) is 18.0 Å². The monoisotopic (exact) mass is 430 g/mol. The lowest BCUT2D eigenvalue weighted by Crippen LogP contribution is -2.57. The summed E-state index contributed by atoms with van der Waals surface area (Å²) in [7, 11) is 0. The van der Waals surface area contributed by atoms with Gasteiger partial charge < -0.3 is 26.0 Å². The molecule has 2 aromatic rings. The third-order valence-electron chi connectivity index (χ3n) is 5.77. The number of carbonyl (C=O) groups excluding carboxylic acids is 2. The van der Waals surface area contributed by atoms with Gasteiger partial charge in [-0.1, -0.05) is 23.7 Å². The second-order valence-electron chi connectivity index (χ2n) is 7.52. The summed E-state index contributed by atoms with van der Waals surface area (Å²) >= 11 is 5.92. The van der Waals surface area contributed by atoms with Crippen LogP contribution in [0.3, 0.4) is 0 Å². The zero-order chi connectivity index (χ0) is 21.5. The highest BCUT2D eigenvalue weighted by molar-refractivity contribution is 6.30. The molecule has 2 amide bonds. The van der Waals surface area contributed by atoms with Crippen LogP contribution >= 0.6 is 11.6 Å². The second kappa shape index (κ2) is 7.82. The lowest BCUT2D eigenvalue weighted by Gasteiger charge is -2.39. The summed E-state index contributed by atoms with van der Waals surface area (Å²) in [6, 6.07) is 6.46. The molecule has 10 heteroatoms. The normalized spacial score (nSPS) is 20.5. The first-order valence-electron chi connectivity index (χ1n) is 9.73. The van der Waals surface area contributed by atoms with E-state index in [2.05, 4.69) is 15.3 Å². The first kappa shape index (κ1) is 20.5. The van der Waals surface area contributed by atoms with Gasteiger partial charge in [0.15, 0.2) is 5.60 Å². The minimum absolute atomic E-state index is 0.100. The summed E-state index contributed by atoms with van der Waals surface area (Å²) < 4.78 is 0. The Kier molecular flexibility index (Phi) is 5.35. The van der Waals surface area contributed by atoms with Crippen molar-refractivity contribution >= 4 is 35.1 Å². The molecule has 4 rings (SSSR count). The van der Waals surface area contributed by atoms with Crippen LogP contribution in [0.4, 0.5) is 11.6 Å². The summed E-state index contributed by atoms with van der Waals surface area (Å²) in [5.74, 6) is 0.366. The number of aliphatic hydroxyl groups is 1. The Morgan fingerprint density at radius 2 is 1.93 bits per heavy atom. The Morgan fingerprint density at radius 3 is 2.57 bits per heavy atom. The fourth-order valence-electron chi connectivity index (χ4n) is 3.93. The number of anilines is 2. The van der Waals surface area contributed by atoms with Crippen molar-refractivity contribution in [3.8, 4) is 0 Å². The van der Waals surface area contributed by atoms with Crippen molar-refractivity contribution in [2.24, 2.45) is 5.73 Å². The van der Waals surface area contributed by atoms with Gasteiger partial charge in [-0.25, -0.2) is 9.97 Å². The van der Waals surface area contributed by atoms with E-state index in [1.807, 2.05) is 11.8 Å². The zero-order valence-corrected chi connectivity index (χ0v) is 17.3. The van der Waals surface area contributed by atoms with E-state index in [1.54, 1.807) is 29.2 Å². The number of nitrogens with zero attached hydrogens (tertiary/aromatic N) is 4. The summed E-state index contributed by atoms with van der Waals surface area (Å²) in [4.78, 5) is 37.3. The molecular weight excluding hydrogens is 408 g/mol. The molecule has 2 aliphatic rings. The lowest BCUT2D eigenvalue weighted by molar-refractivity contribution is -0.151. The zero-order valence-electron chi connectivity index (χ0n) is 16.5. The molecule has 0 spiro atoms.